The summed E-state index contributed by atoms with van der Waals surface area (Å²) in [4.78, 5) is 27.8. The number of carbonyl (C=O) groups excluding carboxylic acids is 1. The highest BCUT2D eigenvalue weighted by molar-refractivity contribution is 5.95. The molecule has 2 aliphatic heterocycles. The van der Waals surface area contributed by atoms with Crippen molar-refractivity contribution in [3.05, 3.63) is 66.5 Å². The van der Waals surface area contributed by atoms with Crippen LogP contribution in [-0.4, -0.2) is 52.6 Å². The van der Waals surface area contributed by atoms with Gasteiger partial charge >= 0.3 is 0 Å². The predicted octanol–water partition coefficient (Wildman–Crippen LogP) is 3.49. The molecule has 3 aromatic rings. The molecule has 0 unspecified atom stereocenters. The van der Waals surface area contributed by atoms with Crippen LogP contribution in [-0.2, 0) is 16.1 Å². The van der Waals surface area contributed by atoms with E-state index in [-0.39, 0.29) is 18.1 Å². The fourth-order valence-electron chi connectivity index (χ4n) is 4.45. The number of nitrogens with zero attached hydrogens (tertiary/aromatic N) is 4. The Morgan fingerprint density at radius 1 is 1.03 bits per heavy atom. The van der Waals surface area contributed by atoms with Crippen LogP contribution >= 0.6 is 0 Å². The summed E-state index contributed by atoms with van der Waals surface area (Å²) in [6, 6.07) is 17.7. The number of carbonyl (C=O) groups is 1. The first-order valence-electron chi connectivity index (χ1n) is 12.2. The van der Waals surface area contributed by atoms with Crippen LogP contribution in [0.3, 0.4) is 0 Å². The van der Waals surface area contributed by atoms with Gasteiger partial charge in [0, 0.05) is 24.5 Å². The third-order valence-electron chi connectivity index (χ3n) is 6.38. The van der Waals surface area contributed by atoms with Gasteiger partial charge in [-0.3, -0.25) is 4.79 Å². The maximum Gasteiger partial charge on any atom is 0.241 e. The van der Waals surface area contributed by atoms with Crippen LogP contribution in [0.2, 0.25) is 0 Å². The predicted molar refractivity (Wildman–Crippen MR) is 136 cm³/mol. The highest BCUT2D eigenvalue weighted by Crippen LogP contribution is 2.22. The highest BCUT2D eigenvalue weighted by Gasteiger charge is 2.23. The van der Waals surface area contributed by atoms with E-state index in [2.05, 4.69) is 47.9 Å². The molecule has 9 nitrogen and oxygen atoms in total. The molecule has 2 aromatic carbocycles. The molecule has 2 aliphatic rings. The molecule has 0 aliphatic carbocycles. The standard InChI is InChI=1S/C26H31N7O2/c34-24(23-10-5-13-27-23)30-20-8-4-9-21(16-20)31-25-28-18-29-26(32-25)33-14-11-22(12-15-33)35-17-19-6-2-1-3-7-19/h1-4,6-9,16,18,22-23,27H,5,10-15,17H2,(H,30,34)(H,28,29,31,32)/t23-/m0/s1. The Morgan fingerprint density at radius 3 is 2.66 bits per heavy atom. The number of anilines is 4. The minimum Gasteiger partial charge on any atom is -0.373 e. The smallest absolute Gasteiger partial charge is 0.241 e. The van der Waals surface area contributed by atoms with Gasteiger partial charge in [0.2, 0.25) is 17.8 Å². The maximum atomic E-state index is 12.4. The second-order valence-corrected chi connectivity index (χ2v) is 8.94. The van der Waals surface area contributed by atoms with Crippen molar-refractivity contribution in [3.8, 4) is 0 Å². The van der Waals surface area contributed by atoms with Crippen LogP contribution in [0.25, 0.3) is 0 Å². The van der Waals surface area contributed by atoms with Crippen LogP contribution in [0, 0.1) is 0 Å². The van der Waals surface area contributed by atoms with E-state index in [9.17, 15) is 4.79 Å². The molecule has 3 N–H and O–H groups in total. The van der Waals surface area contributed by atoms with Crippen molar-refractivity contribution in [2.75, 3.05) is 35.2 Å². The van der Waals surface area contributed by atoms with Gasteiger partial charge in [-0.25, -0.2) is 9.97 Å². The molecule has 0 spiro atoms. The van der Waals surface area contributed by atoms with Gasteiger partial charge in [0.25, 0.3) is 0 Å². The average molecular weight is 474 g/mol. The van der Waals surface area contributed by atoms with E-state index < -0.39 is 0 Å². The van der Waals surface area contributed by atoms with Gasteiger partial charge in [-0.2, -0.15) is 4.98 Å². The van der Waals surface area contributed by atoms with E-state index in [4.69, 9.17) is 4.74 Å². The second-order valence-electron chi connectivity index (χ2n) is 8.94. The lowest BCUT2D eigenvalue weighted by molar-refractivity contribution is -0.117. The first-order chi connectivity index (χ1) is 17.2. The van der Waals surface area contributed by atoms with Crippen molar-refractivity contribution < 1.29 is 9.53 Å². The molecule has 1 atom stereocenters. The number of hydrogen-bond donors (Lipinski definition) is 3. The molecule has 0 saturated carbocycles. The number of hydrogen-bond acceptors (Lipinski definition) is 8. The van der Waals surface area contributed by atoms with Crippen molar-refractivity contribution in [2.45, 2.75) is 44.4 Å². The van der Waals surface area contributed by atoms with E-state index in [1.807, 2.05) is 42.5 Å². The topological polar surface area (TPSA) is 104 Å². The Balaban J connectivity index is 1.14. The zero-order valence-corrected chi connectivity index (χ0v) is 19.7. The lowest BCUT2D eigenvalue weighted by Gasteiger charge is -2.31. The molecular formula is C26H31N7O2. The summed E-state index contributed by atoms with van der Waals surface area (Å²) in [7, 11) is 0. The summed E-state index contributed by atoms with van der Waals surface area (Å²) in [5.74, 6) is 1.12. The molecule has 0 bridgehead atoms. The van der Waals surface area contributed by atoms with Crippen molar-refractivity contribution in [1.29, 1.82) is 0 Å². The lowest BCUT2D eigenvalue weighted by atomic mass is 10.1. The van der Waals surface area contributed by atoms with Crippen molar-refractivity contribution in [1.82, 2.24) is 20.3 Å². The third-order valence-corrected chi connectivity index (χ3v) is 6.38. The Labute approximate surface area is 205 Å². The van der Waals surface area contributed by atoms with Crippen molar-refractivity contribution in [2.24, 2.45) is 0 Å². The summed E-state index contributed by atoms with van der Waals surface area (Å²) >= 11 is 0. The SMILES string of the molecule is O=C(Nc1cccc(Nc2ncnc(N3CCC(OCc4ccccc4)CC3)n2)c1)[C@@H]1CCCN1. The Hall–Kier alpha value is -3.56. The van der Waals surface area contributed by atoms with Crippen LogP contribution in [0.5, 0.6) is 0 Å². The number of ether oxygens (including phenoxy) is 1. The van der Waals surface area contributed by atoms with E-state index in [1.54, 1.807) is 0 Å². The molecule has 1 aromatic heterocycles. The molecular weight excluding hydrogens is 442 g/mol. The Morgan fingerprint density at radius 2 is 1.86 bits per heavy atom. The number of rotatable bonds is 8. The van der Waals surface area contributed by atoms with Crippen molar-refractivity contribution >= 4 is 29.2 Å². The summed E-state index contributed by atoms with van der Waals surface area (Å²) in [5, 5.41) is 9.43. The minimum absolute atomic E-state index is 0.00162. The zero-order valence-electron chi connectivity index (χ0n) is 19.7. The summed E-state index contributed by atoms with van der Waals surface area (Å²) < 4.78 is 6.10. The number of nitrogens with one attached hydrogen (secondary N) is 3. The van der Waals surface area contributed by atoms with Gasteiger partial charge in [-0.1, -0.05) is 36.4 Å². The molecule has 5 rings (SSSR count). The molecule has 35 heavy (non-hydrogen) atoms. The van der Waals surface area contributed by atoms with E-state index in [0.717, 1.165) is 56.7 Å². The molecule has 2 saturated heterocycles. The number of aromatic nitrogens is 3. The fraction of sp³-hybridized carbons (Fsp3) is 0.385. The summed E-state index contributed by atoms with van der Waals surface area (Å²) in [6.45, 7) is 3.20. The number of piperidine rings is 1. The molecule has 3 heterocycles. The van der Waals surface area contributed by atoms with Gasteiger partial charge in [-0.15, -0.1) is 0 Å². The quantitative estimate of drug-likeness (QED) is 0.457. The van der Waals surface area contributed by atoms with Crippen LogP contribution in [0.15, 0.2) is 60.9 Å². The van der Waals surface area contributed by atoms with Crippen molar-refractivity contribution in [3.63, 3.8) is 0 Å². The fourth-order valence-corrected chi connectivity index (χ4v) is 4.45. The normalized spacial score (nSPS) is 18.4. The van der Waals surface area contributed by atoms with Gasteiger partial charge in [0.1, 0.15) is 6.33 Å². The van der Waals surface area contributed by atoms with Crippen LogP contribution < -0.4 is 20.9 Å². The summed E-state index contributed by atoms with van der Waals surface area (Å²) in [6.07, 6.45) is 5.52. The monoisotopic (exact) mass is 473 g/mol. The van der Waals surface area contributed by atoms with E-state index >= 15 is 0 Å². The van der Waals surface area contributed by atoms with Gasteiger partial charge in [0.05, 0.1) is 18.8 Å². The maximum absolute atomic E-state index is 12.4. The zero-order chi connectivity index (χ0) is 23.9. The van der Waals surface area contributed by atoms with Crippen LogP contribution in [0.4, 0.5) is 23.3 Å². The molecule has 9 heteroatoms. The first kappa shape index (κ1) is 23.2. The third kappa shape index (κ3) is 6.32. The second kappa shape index (κ2) is 11.2. The summed E-state index contributed by atoms with van der Waals surface area (Å²) in [5.41, 5.74) is 2.73. The van der Waals surface area contributed by atoms with E-state index in [1.165, 1.54) is 11.9 Å². The Kier molecular flexibility index (Phi) is 7.45. The molecule has 0 radical (unpaired) electrons. The molecule has 1 amide bonds. The number of benzene rings is 2. The van der Waals surface area contributed by atoms with Gasteiger partial charge in [0.15, 0.2) is 0 Å². The van der Waals surface area contributed by atoms with Crippen LogP contribution in [0.1, 0.15) is 31.2 Å². The van der Waals surface area contributed by atoms with Gasteiger partial charge < -0.3 is 25.6 Å². The molecule has 182 valence electrons. The largest absolute Gasteiger partial charge is 0.373 e. The van der Waals surface area contributed by atoms with E-state index in [0.29, 0.717) is 18.5 Å². The Bertz CT molecular complexity index is 1110. The minimum atomic E-state index is -0.120. The first-order valence-corrected chi connectivity index (χ1v) is 12.2. The average Bonchev–Trinajstić information content (AvgIpc) is 3.44. The number of amides is 1. The highest BCUT2D eigenvalue weighted by atomic mass is 16.5. The lowest BCUT2D eigenvalue weighted by Crippen LogP contribution is -2.38. The van der Waals surface area contributed by atoms with Gasteiger partial charge in [-0.05, 0) is 56.0 Å². The molecule has 2 fully saturated rings.